The van der Waals surface area contributed by atoms with Crippen LogP contribution in [0.15, 0.2) is 12.1 Å². The number of nitrogens with two attached hydrogens (primary N) is 1. The molecule has 0 bridgehead atoms. The lowest BCUT2D eigenvalue weighted by atomic mass is 10.0. The number of benzene rings is 1. The molecule has 1 amide bonds. The summed E-state index contributed by atoms with van der Waals surface area (Å²) in [7, 11) is 0. The fourth-order valence-electron chi connectivity index (χ4n) is 1.38. The van der Waals surface area contributed by atoms with Crippen LogP contribution in [0.1, 0.15) is 32.4 Å². The minimum atomic E-state index is -0.965. The van der Waals surface area contributed by atoms with Crippen LogP contribution in [0.5, 0.6) is 11.5 Å². The fourth-order valence-corrected chi connectivity index (χ4v) is 1.61. The first kappa shape index (κ1) is 14.6. The van der Waals surface area contributed by atoms with Gasteiger partial charge in [-0.15, -0.1) is 0 Å². The Labute approximate surface area is 111 Å². The zero-order chi connectivity index (χ0) is 14.1. The Morgan fingerprint density at radius 1 is 1.39 bits per heavy atom. The van der Waals surface area contributed by atoms with E-state index in [9.17, 15) is 15.0 Å². The van der Waals surface area contributed by atoms with E-state index in [1.807, 2.05) is 20.8 Å². The van der Waals surface area contributed by atoms with Gasteiger partial charge in [0.05, 0.1) is 5.02 Å². The second-order valence-electron chi connectivity index (χ2n) is 5.09. The third kappa shape index (κ3) is 3.51. The summed E-state index contributed by atoms with van der Waals surface area (Å²) >= 11 is 5.70. The molecule has 100 valence electrons. The molecule has 1 aromatic rings. The van der Waals surface area contributed by atoms with Gasteiger partial charge in [0.1, 0.15) is 6.04 Å². The highest BCUT2D eigenvalue weighted by Gasteiger charge is 2.22. The van der Waals surface area contributed by atoms with Crippen molar-refractivity contribution < 1.29 is 15.0 Å². The summed E-state index contributed by atoms with van der Waals surface area (Å²) in [6.45, 7) is 5.50. The molecular weight excluding hydrogens is 256 g/mol. The maximum atomic E-state index is 11.8. The SMILES string of the molecule is CC(C)(C)NC(=O)C(N)c1cc(O)c(O)c(Cl)c1. The number of nitrogens with one attached hydrogen (secondary N) is 1. The quantitative estimate of drug-likeness (QED) is 0.616. The highest BCUT2D eigenvalue weighted by molar-refractivity contribution is 6.32. The zero-order valence-electron chi connectivity index (χ0n) is 10.5. The van der Waals surface area contributed by atoms with E-state index in [2.05, 4.69) is 5.32 Å². The minimum absolute atomic E-state index is 0.0518. The van der Waals surface area contributed by atoms with Crippen molar-refractivity contribution in [3.8, 4) is 11.5 Å². The molecule has 0 saturated carbocycles. The Balaban J connectivity index is 2.97. The molecule has 0 radical (unpaired) electrons. The normalized spacial score (nSPS) is 13.2. The first-order valence-electron chi connectivity index (χ1n) is 5.41. The van der Waals surface area contributed by atoms with E-state index in [1.54, 1.807) is 0 Å². The molecule has 0 heterocycles. The second kappa shape index (κ2) is 5.04. The van der Waals surface area contributed by atoms with Crippen molar-refractivity contribution in [3.05, 3.63) is 22.7 Å². The Hall–Kier alpha value is -1.46. The van der Waals surface area contributed by atoms with E-state index in [4.69, 9.17) is 17.3 Å². The molecule has 0 aromatic heterocycles. The van der Waals surface area contributed by atoms with Crippen molar-refractivity contribution in [1.82, 2.24) is 5.32 Å². The Morgan fingerprint density at radius 3 is 2.39 bits per heavy atom. The summed E-state index contributed by atoms with van der Waals surface area (Å²) in [5, 5.41) is 21.4. The topological polar surface area (TPSA) is 95.6 Å². The molecule has 6 heteroatoms. The van der Waals surface area contributed by atoms with Crippen LogP contribution in [0.25, 0.3) is 0 Å². The maximum Gasteiger partial charge on any atom is 0.241 e. The molecule has 0 aliphatic heterocycles. The number of rotatable bonds is 2. The van der Waals surface area contributed by atoms with Crippen molar-refractivity contribution in [1.29, 1.82) is 0 Å². The molecule has 0 aliphatic rings. The smallest absolute Gasteiger partial charge is 0.241 e. The van der Waals surface area contributed by atoms with Crippen LogP contribution in [0.2, 0.25) is 5.02 Å². The lowest BCUT2D eigenvalue weighted by Crippen LogP contribution is -2.45. The van der Waals surface area contributed by atoms with Gasteiger partial charge in [0.25, 0.3) is 0 Å². The van der Waals surface area contributed by atoms with E-state index in [0.29, 0.717) is 5.56 Å². The van der Waals surface area contributed by atoms with Crippen LogP contribution < -0.4 is 11.1 Å². The zero-order valence-corrected chi connectivity index (χ0v) is 11.2. The monoisotopic (exact) mass is 272 g/mol. The third-order valence-electron chi connectivity index (χ3n) is 2.21. The van der Waals surface area contributed by atoms with Crippen LogP contribution in [0, 0.1) is 0 Å². The predicted octanol–water partition coefficient (Wildman–Crippen LogP) is 1.67. The molecule has 0 fully saturated rings. The lowest BCUT2D eigenvalue weighted by Gasteiger charge is -2.23. The largest absolute Gasteiger partial charge is 0.504 e. The number of phenols is 2. The van der Waals surface area contributed by atoms with Crippen LogP contribution in [0.4, 0.5) is 0 Å². The van der Waals surface area contributed by atoms with E-state index in [-0.39, 0.29) is 10.9 Å². The van der Waals surface area contributed by atoms with Crippen LogP contribution >= 0.6 is 11.6 Å². The third-order valence-corrected chi connectivity index (χ3v) is 2.49. The summed E-state index contributed by atoms with van der Waals surface area (Å²) in [4.78, 5) is 11.8. The first-order valence-corrected chi connectivity index (χ1v) is 5.78. The van der Waals surface area contributed by atoms with E-state index in [1.165, 1.54) is 12.1 Å². The number of halogens is 1. The molecule has 5 nitrogen and oxygen atoms in total. The van der Waals surface area contributed by atoms with Crippen molar-refractivity contribution in [2.45, 2.75) is 32.4 Å². The Bertz CT molecular complexity index is 446. The van der Waals surface area contributed by atoms with Crippen molar-refractivity contribution in [3.63, 3.8) is 0 Å². The van der Waals surface area contributed by atoms with Gasteiger partial charge in [-0.25, -0.2) is 0 Å². The van der Waals surface area contributed by atoms with E-state index >= 15 is 0 Å². The van der Waals surface area contributed by atoms with Crippen molar-refractivity contribution in [2.24, 2.45) is 5.73 Å². The Morgan fingerprint density at radius 2 is 1.94 bits per heavy atom. The van der Waals surface area contributed by atoms with Gasteiger partial charge in [-0.05, 0) is 38.5 Å². The molecule has 0 spiro atoms. The number of amides is 1. The van der Waals surface area contributed by atoms with Crippen molar-refractivity contribution in [2.75, 3.05) is 0 Å². The fraction of sp³-hybridized carbons (Fsp3) is 0.417. The van der Waals surface area contributed by atoms with Gasteiger partial charge in [0.2, 0.25) is 5.91 Å². The minimum Gasteiger partial charge on any atom is -0.504 e. The summed E-state index contributed by atoms with van der Waals surface area (Å²) in [6, 6.07) is 1.60. The standard InChI is InChI=1S/C12H17ClN2O3/c1-12(2,3)15-11(18)9(14)6-4-7(13)10(17)8(16)5-6/h4-5,9,16-17H,14H2,1-3H3,(H,15,18). The number of hydrogen-bond donors (Lipinski definition) is 4. The average Bonchev–Trinajstić information content (AvgIpc) is 2.21. The summed E-state index contributed by atoms with van der Waals surface area (Å²) in [6.07, 6.45) is 0. The number of carbonyl (C=O) groups excluding carboxylic acids is 1. The number of carbonyl (C=O) groups is 1. The lowest BCUT2D eigenvalue weighted by molar-refractivity contribution is -0.123. The molecule has 1 unspecified atom stereocenters. The number of aromatic hydroxyl groups is 2. The average molecular weight is 273 g/mol. The summed E-state index contributed by atoms with van der Waals surface area (Å²) < 4.78 is 0. The van der Waals surface area contributed by atoms with Gasteiger partial charge < -0.3 is 21.3 Å². The van der Waals surface area contributed by atoms with Crippen molar-refractivity contribution >= 4 is 17.5 Å². The molecule has 0 aliphatic carbocycles. The van der Waals surface area contributed by atoms with Gasteiger partial charge in [-0.1, -0.05) is 11.6 Å². The highest BCUT2D eigenvalue weighted by Crippen LogP contribution is 2.35. The van der Waals surface area contributed by atoms with Gasteiger partial charge in [0.15, 0.2) is 11.5 Å². The second-order valence-corrected chi connectivity index (χ2v) is 5.49. The van der Waals surface area contributed by atoms with Gasteiger partial charge in [-0.3, -0.25) is 4.79 Å². The molecule has 18 heavy (non-hydrogen) atoms. The van der Waals surface area contributed by atoms with Gasteiger partial charge in [0, 0.05) is 5.54 Å². The Kier molecular flexibility index (Phi) is 4.09. The van der Waals surface area contributed by atoms with Crippen LogP contribution in [-0.4, -0.2) is 21.7 Å². The molecule has 1 rings (SSSR count). The molecule has 1 aromatic carbocycles. The van der Waals surface area contributed by atoms with E-state index < -0.39 is 23.1 Å². The molecule has 5 N–H and O–H groups in total. The molecule has 0 saturated heterocycles. The highest BCUT2D eigenvalue weighted by atomic mass is 35.5. The van der Waals surface area contributed by atoms with E-state index in [0.717, 1.165) is 0 Å². The predicted molar refractivity (Wildman–Crippen MR) is 69.6 cm³/mol. The van der Waals surface area contributed by atoms with Crippen LogP contribution in [-0.2, 0) is 4.79 Å². The number of phenolic OH excluding ortho intramolecular Hbond substituents is 2. The maximum absolute atomic E-state index is 11.8. The van der Waals surface area contributed by atoms with Gasteiger partial charge in [-0.2, -0.15) is 0 Å². The summed E-state index contributed by atoms with van der Waals surface area (Å²) in [5.74, 6) is -1.22. The molecule has 1 atom stereocenters. The van der Waals surface area contributed by atoms with Gasteiger partial charge >= 0.3 is 0 Å². The number of hydrogen-bond acceptors (Lipinski definition) is 4. The first-order chi connectivity index (χ1) is 8.11. The summed E-state index contributed by atoms with van der Waals surface area (Å²) in [5.41, 5.74) is 5.70. The van der Waals surface area contributed by atoms with Crippen LogP contribution in [0.3, 0.4) is 0 Å². The molecular formula is C12H17ClN2O3.